The first-order chi connectivity index (χ1) is 12.2. The molecular formula is C17H17F3N2O4. The smallest absolute Gasteiger partial charge is 0.416 e. The molecule has 0 aromatic heterocycles. The number of hydrogen-bond donors (Lipinski definition) is 1. The predicted octanol–water partition coefficient (Wildman–Crippen LogP) is 2.29. The van der Waals surface area contributed by atoms with E-state index in [1.54, 1.807) is 0 Å². The lowest BCUT2D eigenvalue weighted by Gasteiger charge is -2.18. The molecule has 3 rings (SSSR count). The van der Waals surface area contributed by atoms with Gasteiger partial charge in [0.15, 0.2) is 6.10 Å². The third kappa shape index (κ3) is 3.51. The number of nitrogens with one attached hydrogen (secondary N) is 1. The number of esters is 1. The number of halogens is 3. The SMILES string of the molecule is CC(OC(=O)C1CC1c1ccccc1C(F)(F)F)C(=O)N1CCNC1=O. The Morgan fingerprint density at radius 1 is 1.31 bits per heavy atom. The maximum absolute atomic E-state index is 13.1. The molecular weight excluding hydrogens is 353 g/mol. The molecule has 9 heteroatoms. The molecule has 6 nitrogen and oxygen atoms in total. The average molecular weight is 370 g/mol. The van der Waals surface area contributed by atoms with Crippen molar-refractivity contribution in [2.24, 2.45) is 5.92 Å². The Balaban J connectivity index is 1.63. The van der Waals surface area contributed by atoms with Crippen LogP contribution in [0.3, 0.4) is 0 Å². The lowest BCUT2D eigenvalue weighted by Crippen LogP contribution is -2.42. The number of ether oxygens (including phenoxy) is 1. The van der Waals surface area contributed by atoms with Crippen LogP contribution in [-0.4, -0.2) is 42.0 Å². The summed E-state index contributed by atoms with van der Waals surface area (Å²) in [5.41, 5.74) is -0.710. The van der Waals surface area contributed by atoms with Gasteiger partial charge in [0.05, 0.1) is 11.5 Å². The van der Waals surface area contributed by atoms with Gasteiger partial charge in [-0.1, -0.05) is 18.2 Å². The maximum atomic E-state index is 13.1. The third-order valence-corrected chi connectivity index (χ3v) is 4.52. The Hall–Kier alpha value is -2.58. The minimum absolute atomic E-state index is 0.0554. The van der Waals surface area contributed by atoms with Crippen LogP contribution in [0.15, 0.2) is 24.3 Å². The van der Waals surface area contributed by atoms with Gasteiger partial charge in [0.25, 0.3) is 5.91 Å². The fourth-order valence-corrected chi connectivity index (χ4v) is 3.09. The van der Waals surface area contributed by atoms with Gasteiger partial charge in [-0.2, -0.15) is 13.2 Å². The van der Waals surface area contributed by atoms with Gasteiger partial charge < -0.3 is 10.1 Å². The van der Waals surface area contributed by atoms with E-state index < -0.39 is 47.6 Å². The van der Waals surface area contributed by atoms with Crippen LogP contribution in [0.2, 0.25) is 0 Å². The fourth-order valence-electron chi connectivity index (χ4n) is 3.09. The lowest BCUT2D eigenvalue weighted by molar-refractivity contribution is -0.158. The molecule has 1 aliphatic carbocycles. The van der Waals surface area contributed by atoms with Crippen LogP contribution in [0.25, 0.3) is 0 Å². The van der Waals surface area contributed by atoms with Gasteiger partial charge in [-0.15, -0.1) is 0 Å². The number of carbonyl (C=O) groups excluding carboxylic acids is 3. The van der Waals surface area contributed by atoms with Crippen LogP contribution in [0.5, 0.6) is 0 Å². The van der Waals surface area contributed by atoms with Gasteiger partial charge in [0.1, 0.15) is 0 Å². The molecule has 0 bridgehead atoms. The van der Waals surface area contributed by atoms with Gasteiger partial charge in [0, 0.05) is 13.1 Å². The van der Waals surface area contributed by atoms with E-state index in [9.17, 15) is 27.6 Å². The maximum Gasteiger partial charge on any atom is 0.416 e. The summed E-state index contributed by atoms with van der Waals surface area (Å²) >= 11 is 0. The van der Waals surface area contributed by atoms with Gasteiger partial charge in [-0.3, -0.25) is 14.5 Å². The van der Waals surface area contributed by atoms with Crippen molar-refractivity contribution in [3.63, 3.8) is 0 Å². The van der Waals surface area contributed by atoms with Gasteiger partial charge >= 0.3 is 18.2 Å². The summed E-state index contributed by atoms with van der Waals surface area (Å²) in [5, 5.41) is 2.46. The topological polar surface area (TPSA) is 75.7 Å². The summed E-state index contributed by atoms with van der Waals surface area (Å²) in [6, 6.07) is 4.56. The molecule has 140 valence electrons. The number of carbonyl (C=O) groups is 3. The highest BCUT2D eigenvalue weighted by Gasteiger charge is 2.49. The summed E-state index contributed by atoms with van der Waals surface area (Å²) in [6.07, 6.45) is -5.44. The molecule has 1 heterocycles. The zero-order valence-electron chi connectivity index (χ0n) is 13.9. The third-order valence-electron chi connectivity index (χ3n) is 4.52. The van der Waals surface area contributed by atoms with Crippen LogP contribution in [0, 0.1) is 5.92 Å². The standard InChI is InChI=1S/C17H17F3N2O4/c1-9(14(23)22-7-6-21-16(22)25)26-15(24)12-8-11(12)10-4-2-3-5-13(10)17(18,19)20/h2-5,9,11-12H,6-8H2,1H3,(H,21,25). The van der Waals surface area contributed by atoms with E-state index in [0.717, 1.165) is 11.0 Å². The molecule has 0 radical (unpaired) electrons. The van der Waals surface area contributed by atoms with Crippen LogP contribution in [0.1, 0.15) is 30.4 Å². The first-order valence-corrected chi connectivity index (χ1v) is 8.16. The van der Waals surface area contributed by atoms with Crippen molar-refractivity contribution < 1.29 is 32.3 Å². The van der Waals surface area contributed by atoms with Crippen molar-refractivity contribution in [3.05, 3.63) is 35.4 Å². The number of benzene rings is 1. The number of urea groups is 1. The van der Waals surface area contributed by atoms with Gasteiger partial charge in [0.2, 0.25) is 0 Å². The second-order valence-corrected chi connectivity index (χ2v) is 6.33. The molecule has 2 aliphatic rings. The molecule has 3 amide bonds. The molecule has 1 aliphatic heterocycles. The van der Waals surface area contributed by atoms with Crippen molar-refractivity contribution in [3.8, 4) is 0 Å². The Morgan fingerprint density at radius 2 is 2.00 bits per heavy atom. The molecule has 3 atom stereocenters. The monoisotopic (exact) mass is 370 g/mol. The second kappa shape index (κ2) is 6.62. The fraction of sp³-hybridized carbons (Fsp3) is 0.471. The molecule has 2 fully saturated rings. The molecule has 1 saturated heterocycles. The van der Waals surface area contributed by atoms with Crippen molar-refractivity contribution >= 4 is 17.9 Å². The Kier molecular flexibility index (Phi) is 4.64. The number of nitrogens with zero attached hydrogens (tertiary/aromatic N) is 1. The quantitative estimate of drug-likeness (QED) is 0.826. The minimum atomic E-state index is -4.50. The first-order valence-electron chi connectivity index (χ1n) is 8.16. The highest BCUT2D eigenvalue weighted by Crippen LogP contribution is 2.51. The van der Waals surface area contributed by atoms with E-state index in [0.29, 0.717) is 6.54 Å². The summed E-state index contributed by atoms with van der Waals surface area (Å²) in [5.74, 6) is -2.69. The Labute approximate surface area is 147 Å². The second-order valence-electron chi connectivity index (χ2n) is 6.33. The van der Waals surface area contributed by atoms with Gasteiger partial charge in [-0.05, 0) is 30.9 Å². The molecule has 1 aromatic rings. The van der Waals surface area contributed by atoms with E-state index in [1.807, 2.05) is 0 Å². The lowest BCUT2D eigenvalue weighted by atomic mass is 10.0. The first kappa shape index (κ1) is 18.2. The van der Waals surface area contributed by atoms with E-state index >= 15 is 0 Å². The molecule has 0 spiro atoms. The molecule has 1 saturated carbocycles. The van der Waals surface area contributed by atoms with Crippen molar-refractivity contribution in [1.29, 1.82) is 0 Å². The van der Waals surface area contributed by atoms with Crippen molar-refractivity contribution in [2.75, 3.05) is 13.1 Å². The van der Waals surface area contributed by atoms with E-state index in [4.69, 9.17) is 4.74 Å². The van der Waals surface area contributed by atoms with Crippen LogP contribution in [0.4, 0.5) is 18.0 Å². The Bertz CT molecular complexity index is 750. The minimum Gasteiger partial charge on any atom is -0.452 e. The predicted molar refractivity (Wildman–Crippen MR) is 83.0 cm³/mol. The number of amides is 3. The zero-order chi connectivity index (χ0) is 19.1. The number of alkyl halides is 3. The number of imide groups is 1. The highest BCUT2D eigenvalue weighted by atomic mass is 19.4. The zero-order valence-corrected chi connectivity index (χ0v) is 13.9. The van der Waals surface area contributed by atoms with Crippen LogP contribution in [-0.2, 0) is 20.5 Å². The van der Waals surface area contributed by atoms with Crippen LogP contribution >= 0.6 is 0 Å². The summed E-state index contributed by atoms with van der Waals surface area (Å²) in [6.45, 7) is 1.85. The normalized spacial score (nSPS) is 23.4. The number of hydrogen-bond acceptors (Lipinski definition) is 4. The van der Waals surface area contributed by atoms with E-state index in [2.05, 4.69) is 5.32 Å². The van der Waals surface area contributed by atoms with Crippen LogP contribution < -0.4 is 5.32 Å². The van der Waals surface area contributed by atoms with E-state index in [-0.39, 0.29) is 18.5 Å². The van der Waals surface area contributed by atoms with Gasteiger partial charge in [-0.25, -0.2) is 4.79 Å². The molecule has 26 heavy (non-hydrogen) atoms. The van der Waals surface area contributed by atoms with E-state index in [1.165, 1.54) is 25.1 Å². The molecule has 1 aromatic carbocycles. The average Bonchev–Trinajstić information content (AvgIpc) is 3.28. The summed E-state index contributed by atoms with van der Waals surface area (Å²) in [4.78, 5) is 36.7. The largest absolute Gasteiger partial charge is 0.452 e. The molecule has 1 N–H and O–H groups in total. The molecule has 3 unspecified atom stereocenters. The summed E-state index contributed by atoms with van der Waals surface area (Å²) in [7, 11) is 0. The number of rotatable bonds is 4. The highest BCUT2D eigenvalue weighted by molar-refractivity contribution is 5.98. The summed E-state index contributed by atoms with van der Waals surface area (Å²) < 4.78 is 44.3. The Morgan fingerprint density at radius 3 is 2.62 bits per heavy atom. The van der Waals surface area contributed by atoms with Crippen molar-refractivity contribution in [1.82, 2.24) is 10.2 Å². The van der Waals surface area contributed by atoms with Crippen molar-refractivity contribution in [2.45, 2.75) is 31.5 Å².